The first-order valence-electron chi connectivity index (χ1n) is 7.94. The molecule has 3 aromatic rings. The molecule has 2 N–H and O–H groups in total. The maximum absolute atomic E-state index is 12.9. The van der Waals surface area contributed by atoms with E-state index in [9.17, 15) is 13.2 Å². The summed E-state index contributed by atoms with van der Waals surface area (Å²) >= 11 is 1.33. The van der Waals surface area contributed by atoms with E-state index < -0.39 is 10.0 Å². The number of amides is 1. The topological polar surface area (TPSA) is 88.2 Å². The molecule has 0 aliphatic rings. The van der Waals surface area contributed by atoms with Crippen LogP contribution in [0.15, 0.2) is 35.2 Å². The van der Waals surface area contributed by atoms with Gasteiger partial charge in [0.25, 0.3) is 10.0 Å². The molecule has 2 aromatic carbocycles. The van der Waals surface area contributed by atoms with Crippen LogP contribution in [0.5, 0.6) is 0 Å². The highest BCUT2D eigenvalue weighted by atomic mass is 32.2. The first kappa shape index (κ1) is 18.3. The number of nitrogens with one attached hydrogen (secondary N) is 2. The van der Waals surface area contributed by atoms with Gasteiger partial charge in [0.2, 0.25) is 5.91 Å². The molecule has 0 bridgehead atoms. The number of hydrogen-bond acceptors (Lipinski definition) is 5. The van der Waals surface area contributed by atoms with Crippen LogP contribution in [-0.4, -0.2) is 19.3 Å². The third kappa shape index (κ3) is 3.71. The number of aryl methyl sites for hydroxylation is 3. The normalized spacial score (nSPS) is 11.5. The van der Waals surface area contributed by atoms with Crippen molar-refractivity contribution in [2.24, 2.45) is 0 Å². The molecule has 0 unspecified atom stereocenters. The Morgan fingerprint density at radius 3 is 2.35 bits per heavy atom. The van der Waals surface area contributed by atoms with E-state index in [0.717, 1.165) is 10.3 Å². The van der Waals surface area contributed by atoms with Crippen molar-refractivity contribution in [3.05, 3.63) is 47.0 Å². The van der Waals surface area contributed by atoms with Crippen LogP contribution >= 0.6 is 11.3 Å². The fourth-order valence-corrected chi connectivity index (χ4v) is 5.39. The highest BCUT2D eigenvalue weighted by Gasteiger charge is 2.20. The Morgan fingerprint density at radius 1 is 1.08 bits per heavy atom. The van der Waals surface area contributed by atoms with E-state index in [4.69, 9.17) is 0 Å². The molecule has 8 heteroatoms. The molecule has 0 spiro atoms. The molecule has 0 saturated carbocycles. The Hall–Kier alpha value is -2.45. The minimum absolute atomic E-state index is 0.199. The number of sulfonamides is 1. The van der Waals surface area contributed by atoms with Gasteiger partial charge >= 0.3 is 0 Å². The van der Waals surface area contributed by atoms with E-state index in [2.05, 4.69) is 15.0 Å². The van der Waals surface area contributed by atoms with Gasteiger partial charge in [-0.15, -0.1) is 0 Å². The van der Waals surface area contributed by atoms with Crippen LogP contribution in [-0.2, 0) is 14.8 Å². The molecule has 0 fully saturated rings. The maximum Gasteiger partial charge on any atom is 0.262 e. The molecule has 0 saturated heterocycles. The molecule has 26 heavy (non-hydrogen) atoms. The zero-order chi connectivity index (χ0) is 19.1. The molecule has 0 radical (unpaired) electrons. The number of anilines is 2. The van der Waals surface area contributed by atoms with Crippen LogP contribution in [0.25, 0.3) is 10.2 Å². The number of benzene rings is 2. The maximum atomic E-state index is 12.9. The smallest absolute Gasteiger partial charge is 0.262 e. The SMILES string of the molecule is CC(=O)Nc1nc2cc(NS(=O)(=O)c3c(C)cc(C)cc3C)ccc2s1. The third-order valence-corrected chi connectivity index (χ3v) is 6.43. The van der Waals surface area contributed by atoms with Crippen molar-refractivity contribution in [2.45, 2.75) is 32.6 Å². The standard InChI is InChI=1S/C18H19N3O3S2/c1-10-7-11(2)17(12(3)8-10)26(23,24)21-14-5-6-16-15(9-14)20-18(25-16)19-13(4)22/h5-9,21H,1-4H3,(H,19,20,22). The van der Waals surface area contributed by atoms with E-state index >= 15 is 0 Å². The van der Waals surface area contributed by atoms with Gasteiger partial charge in [0.1, 0.15) is 0 Å². The van der Waals surface area contributed by atoms with Gasteiger partial charge in [-0.3, -0.25) is 9.52 Å². The number of carbonyl (C=O) groups is 1. The zero-order valence-corrected chi connectivity index (χ0v) is 16.5. The van der Waals surface area contributed by atoms with Gasteiger partial charge in [0.05, 0.1) is 20.8 Å². The number of aromatic nitrogens is 1. The van der Waals surface area contributed by atoms with E-state index in [-0.39, 0.29) is 5.91 Å². The average Bonchev–Trinajstić information content (AvgIpc) is 2.85. The minimum Gasteiger partial charge on any atom is -0.302 e. The highest BCUT2D eigenvalue weighted by Crippen LogP contribution is 2.30. The lowest BCUT2D eigenvalue weighted by Crippen LogP contribution is -2.15. The van der Waals surface area contributed by atoms with Crippen LogP contribution in [0.1, 0.15) is 23.6 Å². The molecule has 1 heterocycles. The Bertz CT molecular complexity index is 1090. The Balaban J connectivity index is 1.96. The van der Waals surface area contributed by atoms with Crippen molar-refractivity contribution in [2.75, 3.05) is 10.0 Å². The van der Waals surface area contributed by atoms with Gasteiger partial charge in [-0.2, -0.15) is 0 Å². The zero-order valence-electron chi connectivity index (χ0n) is 14.9. The molecule has 136 valence electrons. The molecule has 0 aliphatic carbocycles. The predicted octanol–water partition coefficient (Wildman–Crippen LogP) is 3.98. The van der Waals surface area contributed by atoms with E-state index in [1.54, 1.807) is 32.0 Å². The summed E-state index contributed by atoms with van der Waals surface area (Å²) in [6.45, 7) is 6.93. The van der Waals surface area contributed by atoms with Crippen molar-refractivity contribution in [3.63, 3.8) is 0 Å². The fraction of sp³-hybridized carbons (Fsp3) is 0.222. The van der Waals surface area contributed by atoms with Crippen molar-refractivity contribution >= 4 is 48.3 Å². The molecule has 6 nitrogen and oxygen atoms in total. The number of carbonyl (C=O) groups excluding carboxylic acids is 1. The fourth-order valence-electron chi connectivity index (χ4n) is 2.99. The van der Waals surface area contributed by atoms with Gasteiger partial charge in [0, 0.05) is 6.92 Å². The molecule has 0 aliphatic heterocycles. The summed E-state index contributed by atoms with van der Waals surface area (Å²) in [6, 6.07) is 8.84. The quantitative estimate of drug-likeness (QED) is 0.706. The molecule has 1 amide bonds. The second-order valence-corrected chi connectivity index (χ2v) is 8.87. The van der Waals surface area contributed by atoms with Crippen LogP contribution in [0.4, 0.5) is 10.8 Å². The van der Waals surface area contributed by atoms with Gasteiger partial charge in [-0.05, 0) is 50.1 Å². The van der Waals surface area contributed by atoms with E-state index in [1.165, 1.54) is 18.3 Å². The molecule has 0 atom stereocenters. The van der Waals surface area contributed by atoms with E-state index in [1.807, 2.05) is 19.1 Å². The van der Waals surface area contributed by atoms with Gasteiger partial charge in [0.15, 0.2) is 5.13 Å². The summed E-state index contributed by atoms with van der Waals surface area (Å²) in [5.74, 6) is -0.199. The second-order valence-electron chi connectivity index (χ2n) is 6.22. The Kier molecular flexibility index (Phi) is 4.72. The minimum atomic E-state index is -3.72. The largest absolute Gasteiger partial charge is 0.302 e. The summed E-state index contributed by atoms with van der Waals surface area (Å²) < 4.78 is 29.2. The number of fused-ring (bicyclic) bond motifs is 1. The number of thiazole rings is 1. The number of nitrogens with zero attached hydrogens (tertiary/aromatic N) is 1. The van der Waals surface area contributed by atoms with Crippen LogP contribution < -0.4 is 10.0 Å². The predicted molar refractivity (Wildman–Crippen MR) is 105 cm³/mol. The summed E-state index contributed by atoms with van der Waals surface area (Å²) in [6.07, 6.45) is 0. The van der Waals surface area contributed by atoms with E-state index in [0.29, 0.717) is 32.4 Å². The molecule has 1 aromatic heterocycles. The summed E-state index contributed by atoms with van der Waals surface area (Å²) in [7, 11) is -3.72. The lowest BCUT2D eigenvalue weighted by Gasteiger charge is -2.13. The number of hydrogen-bond donors (Lipinski definition) is 2. The first-order valence-corrected chi connectivity index (χ1v) is 10.2. The molecule has 3 rings (SSSR count). The average molecular weight is 390 g/mol. The highest BCUT2D eigenvalue weighted by molar-refractivity contribution is 7.92. The van der Waals surface area contributed by atoms with Crippen LogP contribution in [0, 0.1) is 20.8 Å². The summed E-state index contributed by atoms with van der Waals surface area (Å²) in [5.41, 5.74) is 3.48. The Labute approximate surface area is 156 Å². The van der Waals surface area contributed by atoms with Gasteiger partial charge < -0.3 is 5.32 Å². The van der Waals surface area contributed by atoms with Crippen molar-refractivity contribution in [1.82, 2.24) is 4.98 Å². The molecular formula is C18H19N3O3S2. The van der Waals surface area contributed by atoms with Crippen LogP contribution in [0.2, 0.25) is 0 Å². The van der Waals surface area contributed by atoms with Gasteiger partial charge in [-0.25, -0.2) is 13.4 Å². The first-order chi connectivity index (χ1) is 12.2. The monoisotopic (exact) mass is 389 g/mol. The lowest BCUT2D eigenvalue weighted by atomic mass is 10.1. The third-order valence-electron chi connectivity index (χ3n) is 3.80. The van der Waals surface area contributed by atoms with Gasteiger partial charge in [-0.1, -0.05) is 29.0 Å². The molecular weight excluding hydrogens is 370 g/mol. The number of rotatable bonds is 4. The van der Waals surface area contributed by atoms with Crippen molar-refractivity contribution in [3.8, 4) is 0 Å². The summed E-state index contributed by atoms with van der Waals surface area (Å²) in [4.78, 5) is 15.8. The van der Waals surface area contributed by atoms with Crippen molar-refractivity contribution < 1.29 is 13.2 Å². The summed E-state index contributed by atoms with van der Waals surface area (Å²) in [5, 5.41) is 3.12. The Morgan fingerprint density at radius 2 is 1.73 bits per heavy atom. The second kappa shape index (κ2) is 6.69. The van der Waals surface area contributed by atoms with Crippen molar-refractivity contribution in [1.29, 1.82) is 0 Å². The lowest BCUT2D eigenvalue weighted by molar-refractivity contribution is -0.114. The van der Waals surface area contributed by atoms with Crippen LogP contribution in [0.3, 0.4) is 0 Å².